The van der Waals surface area contributed by atoms with Gasteiger partial charge >= 0.3 is 6.09 Å². The SMILES string of the molecule is O=C(Nc1ccccc1)ONN1CCN=C(c2ccccc2)c2cc(Cl)ccc21. The number of nitrogens with zero attached hydrogens (tertiary/aromatic N) is 2. The van der Waals surface area contributed by atoms with Crippen LogP contribution in [0.4, 0.5) is 16.2 Å². The molecule has 0 aromatic heterocycles. The molecule has 0 unspecified atom stereocenters. The highest BCUT2D eigenvalue weighted by Gasteiger charge is 2.21. The number of anilines is 2. The lowest BCUT2D eigenvalue weighted by atomic mass is 10.0. The Hall–Kier alpha value is -3.35. The molecule has 7 heteroatoms. The number of para-hydroxylation sites is 1. The normalized spacial score (nSPS) is 13.1. The van der Waals surface area contributed by atoms with E-state index >= 15 is 0 Å². The molecule has 1 aliphatic heterocycles. The van der Waals surface area contributed by atoms with Crippen LogP contribution in [0.15, 0.2) is 83.9 Å². The molecule has 2 N–H and O–H groups in total. The van der Waals surface area contributed by atoms with Gasteiger partial charge in [0.2, 0.25) is 0 Å². The third kappa shape index (κ3) is 4.56. The Kier molecular flexibility index (Phi) is 5.74. The van der Waals surface area contributed by atoms with E-state index in [9.17, 15) is 4.79 Å². The van der Waals surface area contributed by atoms with Crippen molar-refractivity contribution in [2.45, 2.75) is 0 Å². The predicted octanol–water partition coefficient (Wildman–Crippen LogP) is 4.67. The van der Waals surface area contributed by atoms with E-state index in [1.165, 1.54) is 0 Å². The van der Waals surface area contributed by atoms with Crippen LogP contribution in [0, 0.1) is 0 Å². The first-order valence-corrected chi connectivity index (χ1v) is 9.54. The first-order chi connectivity index (χ1) is 14.2. The fraction of sp³-hybridized carbons (Fsp3) is 0.0909. The summed E-state index contributed by atoms with van der Waals surface area (Å²) in [4.78, 5) is 22.1. The maximum Gasteiger partial charge on any atom is 0.432 e. The van der Waals surface area contributed by atoms with Crippen molar-refractivity contribution < 1.29 is 9.63 Å². The molecule has 0 bridgehead atoms. The second-order valence-corrected chi connectivity index (χ2v) is 6.82. The minimum atomic E-state index is -0.611. The Morgan fingerprint density at radius 3 is 2.48 bits per heavy atom. The lowest BCUT2D eigenvalue weighted by molar-refractivity contribution is 0.0966. The Balaban J connectivity index is 1.54. The van der Waals surface area contributed by atoms with Crippen molar-refractivity contribution in [1.29, 1.82) is 0 Å². The first kappa shape index (κ1) is 19.0. The van der Waals surface area contributed by atoms with Gasteiger partial charge < -0.3 is 4.84 Å². The smallest absolute Gasteiger partial charge is 0.333 e. The average molecular weight is 407 g/mol. The number of aliphatic imine (C=N–C) groups is 1. The van der Waals surface area contributed by atoms with Gasteiger partial charge in [0, 0.05) is 21.8 Å². The fourth-order valence-electron chi connectivity index (χ4n) is 3.10. The maximum absolute atomic E-state index is 12.1. The molecule has 0 aliphatic carbocycles. The van der Waals surface area contributed by atoms with Gasteiger partial charge in [0.15, 0.2) is 0 Å². The van der Waals surface area contributed by atoms with Crippen molar-refractivity contribution in [1.82, 2.24) is 5.59 Å². The molecule has 6 nitrogen and oxygen atoms in total. The number of nitrogens with one attached hydrogen (secondary N) is 2. The van der Waals surface area contributed by atoms with Crippen molar-refractivity contribution in [2.24, 2.45) is 4.99 Å². The zero-order valence-electron chi connectivity index (χ0n) is 15.5. The Labute approximate surface area is 173 Å². The maximum atomic E-state index is 12.1. The summed E-state index contributed by atoms with van der Waals surface area (Å²) in [5.41, 5.74) is 6.92. The molecule has 4 rings (SSSR count). The van der Waals surface area contributed by atoms with Gasteiger partial charge in [0.1, 0.15) is 0 Å². The molecule has 1 heterocycles. The van der Waals surface area contributed by atoms with E-state index in [2.05, 4.69) is 10.9 Å². The summed E-state index contributed by atoms with van der Waals surface area (Å²) in [6, 6.07) is 24.6. The highest BCUT2D eigenvalue weighted by molar-refractivity contribution is 6.31. The largest absolute Gasteiger partial charge is 0.432 e. The molecule has 29 heavy (non-hydrogen) atoms. The van der Waals surface area contributed by atoms with Crippen LogP contribution < -0.4 is 15.9 Å². The topological polar surface area (TPSA) is 66.0 Å². The monoisotopic (exact) mass is 406 g/mol. The molecule has 1 amide bonds. The number of benzene rings is 3. The summed E-state index contributed by atoms with van der Waals surface area (Å²) in [5.74, 6) is 0. The lowest BCUT2D eigenvalue weighted by Crippen LogP contribution is -2.42. The van der Waals surface area contributed by atoms with Gasteiger partial charge in [-0.05, 0) is 30.3 Å². The summed E-state index contributed by atoms with van der Waals surface area (Å²) >= 11 is 6.26. The van der Waals surface area contributed by atoms with Crippen LogP contribution >= 0.6 is 11.6 Å². The Bertz CT molecular complexity index is 1030. The molecule has 0 saturated carbocycles. The van der Waals surface area contributed by atoms with Crippen LogP contribution in [0.2, 0.25) is 5.02 Å². The molecule has 0 fully saturated rings. The summed E-state index contributed by atoms with van der Waals surface area (Å²) in [6.07, 6.45) is -0.611. The highest BCUT2D eigenvalue weighted by Crippen LogP contribution is 2.28. The second-order valence-electron chi connectivity index (χ2n) is 6.38. The van der Waals surface area contributed by atoms with Crippen LogP contribution in [-0.4, -0.2) is 24.9 Å². The molecule has 0 atom stereocenters. The van der Waals surface area contributed by atoms with Gasteiger partial charge in [-0.2, -0.15) is 0 Å². The molecule has 1 aliphatic rings. The number of amides is 1. The lowest BCUT2D eigenvalue weighted by Gasteiger charge is -2.24. The zero-order chi connectivity index (χ0) is 20.1. The Morgan fingerprint density at radius 2 is 1.72 bits per heavy atom. The molecule has 3 aromatic carbocycles. The van der Waals surface area contributed by atoms with Gasteiger partial charge in [0.25, 0.3) is 0 Å². The van der Waals surface area contributed by atoms with Gasteiger partial charge in [-0.25, -0.2) is 4.79 Å². The van der Waals surface area contributed by atoms with E-state index in [1.54, 1.807) is 23.2 Å². The summed E-state index contributed by atoms with van der Waals surface area (Å²) < 4.78 is 0. The van der Waals surface area contributed by atoms with Crippen molar-refractivity contribution in [3.8, 4) is 0 Å². The van der Waals surface area contributed by atoms with Crippen LogP contribution in [0.1, 0.15) is 11.1 Å². The number of halogens is 1. The Morgan fingerprint density at radius 1 is 1.00 bits per heavy atom. The van der Waals surface area contributed by atoms with E-state index in [0.717, 1.165) is 22.5 Å². The van der Waals surface area contributed by atoms with Crippen molar-refractivity contribution >= 4 is 34.8 Å². The number of benzodiazepines with no additional fused rings is 1. The van der Waals surface area contributed by atoms with Crippen molar-refractivity contribution in [3.63, 3.8) is 0 Å². The molecule has 146 valence electrons. The number of carbonyl (C=O) groups is 1. The summed E-state index contributed by atoms with van der Waals surface area (Å²) in [6.45, 7) is 1.04. The van der Waals surface area contributed by atoms with Gasteiger partial charge in [0.05, 0.1) is 24.5 Å². The molecular weight excluding hydrogens is 388 g/mol. The van der Waals surface area contributed by atoms with E-state index in [4.69, 9.17) is 21.4 Å². The average Bonchev–Trinajstić information content (AvgIpc) is 2.92. The van der Waals surface area contributed by atoms with Gasteiger partial charge in [-0.3, -0.25) is 15.3 Å². The predicted molar refractivity (Wildman–Crippen MR) is 115 cm³/mol. The van der Waals surface area contributed by atoms with Crippen LogP contribution in [0.3, 0.4) is 0 Å². The molecule has 3 aromatic rings. The van der Waals surface area contributed by atoms with E-state index < -0.39 is 6.09 Å². The van der Waals surface area contributed by atoms with Crippen LogP contribution in [0.5, 0.6) is 0 Å². The van der Waals surface area contributed by atoms with E-state index in [0.29, 0.717) is 23.8 Å². The third-order valence-corrected chi connectivity index (χ3v) is 4.65. The minimum Gasteiger partial charge on any atom is -0.333 e. The summed E-state index contributed by atoms with van der Waals surface area (Å²) in [5, 5.41) is 5.02. The molecule has 0 radical (unpaired) electrons. The van der Waals surface area contributed by atoms with Crippen LogP contribution in [0.25, 0.3) is 0 Å². The first-order valence-electron chi connectivity index (χ1n) is 9.16. The van der Waals surface area contributed by atoms with Crippen LogP contribution in [-0.2, 0) is 4.84 Å². The number of rotatable bonds is 4. The van der Waals surface area contributed by atoms with E-state index in [1.807, 2.05) is 60.7 Å². The highest BCUT2D eigenvalue weighted by atomic mass is 35.5. The number of hydrogen-bond acceptors (Lipinski definition) is 5. The molecule has 0 spiro atoms. The second kappa shape index (κ2) is 8.77. The van der Waals surface area contributed by atoms with E-state index in [-0.39, 0.29) is 0 Å². The minimum absolute atomic E-state index is 0.517. The van der Waals surface area contributed by atoms with Gasteiger partial charge in [-0.1, -0.05) is 65.7 Å². The van der Waals surface area contributed by atoms with Crippen molar-refractivity contribution in [3.05, 3.63) is 95.0 Å². The number of carbonyl (C=O) groups excluding carboxylic acids is 1. The zero-order valence-corrected chi connectivity index (χ0v) is 16.3. The molecular formula is C22H19ClN4O2. The number of hydrogen-bond donors (Lipinski definition) is 2. The molecule has 0 saturated heterocycles. The van der Waals surface area contributed by atoms with Gasteiger partial charge in [-0.15, -0.1) is 0 Å². The fourth-order valence-corrected chi connectivity index (χ4v) is 3.27. The van der Waals surface area contributed by atoms with Crippen molar-refractivity contribution in [2.75, 3.05) is 23.4 Å². The third-order valence-electron chi connectivity index (χ3n) is 4.41. The standard InChI is InChI=1S/C22H19ClN4O2/c23-17-11-12-20-19(15-17)21(16-7-3-1-4-8-16)24-13-14-27(20)26-29-22(28)25-18-9-5-2-6-10-18/h1-12,15,26H,13-14H2,(H,25,28). The number of hydrazine groups is 1. The quantitative estimate of drug-likeness (QED) is 0.618. The number of fused-ring (bicyclic) bond motifs is 1. The summed E-state index contributed by atoms with van der Waals surface area (Å²) in [7, 11) is 0.